The van der Waals surface area contributed by atoms with Crippen molar-refractivity contribution >= 4 is 62.1 Å². The predicted molar refractivity (Wildman–Crippen MR) is 107 cm³/mol. The molecule has 0 bridgehead atoms. The Morgan fingerprint density at radius 2 is 1.81 bits per heavy atom. The summed E-state index contributed by atoms with van der Waals surface area (Å²) in [4.78, 5) is 21.6. The fraction of sp³-hybridized carbons (Fsp3) is 0.0556. The van der Waals surface area contributed by atoms with Gasteiger partial charge in [-0.2, -0.15) is 5.26 Å². The lowest BCUT2D eigenvalue weighted by Crippen LogP contribution is -2.10. The zero-order chi connectivity index (χ0) is 19.3. The summed E-state index contributed by atoms with van der Waals surface area (Å²) >= 11 is 5.36. The zero-order valence-electron chi connectivity index (χ0n) is 13.1. The number of aliphatic carboxylic acids is 1. The topological polar surface area (TPSA) is 108 Å². The van der Waals surface area contributed by atoms with Gasteiger partial charge >= 0.3 is 11.9 Å². The fourth-order valence-electron chi connectivity index (χ4n) is 2.07. The molecule has 0 spiro atoms. The van der Waals surface area contributed by atoms with Gasteiger partial charge in [0.15, 0.2) is 6.61 Å². The van der Waals surface area contributed by atoms with Crippen LogP contribution in [0, 0.1) is 14.9 Å². The standard InChI is InChI=1S/C18H11BrINO5/c19-14-6-10(7-15(20)17(14)26-9-16(22)23)5-13(8-21)11-1-3-12(4-2-11)18(24)25/h1-7H,9H2,(H,22,23)(H,24,25)/b13-5-. The van der Waals surface area contributed by atoms with Crippen LogP contribution in [-0.4, -0.2) is 28.8 Å². The summed E-state index contributed by atoms with van der Waals surface area (Å²) in [5, 5.41) is 27.1. The lowest BCUT2D eigenvalue weighted by molar-refractivity contribution is -0.139. The minimum absolute atomic E-state index is 0.142. The third-order valence-electron chi connectivity index (χ3n) is 3.23. The number of carboxylic acid groups (broad SMARTS) is 2. The van der Waals surface area contributed by atoms with Gasteiger partial charge in [-0.1, -0.05) is 12.1 Å². The van der Waals surface area contributed by atoms with E-state index in [-0.39, 0.29) is 5.56 Å². The number of hydrogen-bond acceptors (Lipinski definition) is 4. The van der Waals surface area contributed by atoms with Crippen LogP contribution < -0.4 is 4.74 Å². The molecule has 2 N–H and O–H groups in total. The smallest absolute Gasteiger partial charge is 0.341 e. The molecule has 0 unspecified atom stereocenters. The van der Waals surface area contributed by atoms with Crippen LogP contribution in [0.2, 0.25) is 0 Å². The molecule has 6 nitrogen and oxygen atoms in total. The van der Waals surface area contributed by atoms with E-state index in [0.717, 1.165) is 0 Å². The van der Waals surface area contributed by atoms with Crippen LogP contribution in [0.4, 0.5) is 0 Å². The maximum Gasteiger partial charge on any atom is 0.341 e. The highest BCUT2D eigenvalue weighted by molar-refractivity contribution is 14.1. The number of halogens is 2. The summed E-state index contributed by atoms with van der Waals surface area (Å²) in [7, 11) is 0. The summed E-state index contributed by atoms with van der Waals surface area (Å²) in [5.74, 6) is -1.70. The molecule has 0 fully saturated rings. The average molecular weight is 528 g/mol. The van der Waals surface area contributed by atoms with Gasteiger partial charge in [0.25, 0.3) is 0 Å². The van der Waals surface area contributed by atoms with Crippen molar-refractivity contribution in [1.29, 1.82) is 5.26 Å². The van der Waals surface area contributed by atoms with Gasteiger partial charge in [0, 0.05) is 0 Å². The molecule has 0 saturated heterocycles. The highest BCUT2D eigenvalue weighted by Gasteiger charge is 2.11. The summed E-state index contributed by atoms with van der Waals surface area (Å²) in [6.07, 6.45) is 1.66. The van der Waals surface area contributed by atoms with Crippen molar-refractivity contribution in [3.63, 3.8) is 0 Å². The normalized spacial score (nSPS) is 10.9. The molecule has 0 amide bonds. The number of rotatable bonds is 6. The summed E-state index contributed by atoms with van der Waals surface area (Å²) in [5.41, 5.74) is 1.81. The number of hydrogen-bond donors (Lipinski definition) is 2. The summed E-state index contributed by atoms with van der Waals surface area (Å²) < 4.78 is 6.49. The Hall–Kier alpha value is -2.38. The third-order valence-corrected chi connectivity index (χ3v) is 4.63. The molecule has 0 aliphatic heterocycles. The van der Waals surface area contributed by atoms with Gasteiger partial charge in [-0.05, 0) is 80.0 Å². The van der Waals surface area contributed by atoms with E-state index in [1.54, 1.807) is 30.3 Å². The van der Waals surface area contributed by atoms with Crippen molar-refractivity contribution in [2.75, 3.05) is 6.61 Å². The quantitative estimate of drug-likeness (QED) is 0.330. The second-order valence-corrected chi connectivity index (χ2v) is 7.06. The van der Waals surface area contributed by atoms with Crippen LogP contribution in [-0.2, 0) is 4.79 Å². The Balaban J connectivity index is 2.35. The Labute approximate surface area is 171 Å². The second kappa shape index (κ2) is 8.82. The van der Waals surface area contributed by atoms with Crippen LogP contribution in [0.1, 0.15) is 21.5 Å². The van der Waals surface area contributed by atoms with Gasteiger partial charge < -0.3 is 14.9 Å². The molecule has 0 aliphatic rings. The van der Waals surface area contributed by atoms with E-state index < -0.39 is 18.5 Å². The molecule has 8 heteroatoms. The third kappa shape index (κ3) is 5.06. The first-order valence-electron chi connectivity index (χ1n) is 7.11. The van der Waals surface area contributed by atoms with E-state index in [2.05, 4.69) is 22.0 Å². The Morgan fingerprint density at radius 3 is 2.31 bits per heavy atom. The van der Waals surface area contributed by atoms with E-state index in [0.29, 0.717) is 30.5 Å². The SMILES string of the molecule is N#C/C(=C/c1cc(Br)c(OCC(=O)O)c(I)c1)c1ccc(C(=O)O)cc1. The van der Waals surface area contributed by atoms with E-state index in [4.69, 9.17) is 14.9 Å². The highest BCUT2D eigenvalue weighted by Crippen LogP contribution is 2.33. The van der Waals surface area contributed by atoms with Gasteiger partial charge in [0.2, 0.25) is 0 Å². The molecule has 0 radical (unpaired) electrons. The lowest BCUT2D eigenvalue weighted by atomic mass is 10.0. The molecule has 26 heavy (non-hydrogen) atoms. The number of benzene rings is 2. The number of carbonyl (C=O) groups is 2. The summed E-state index contributed by atoms with van der Waals surface area (Å²) in [6.45, 7) is -0.455. The number of allylic oxidation sites excluding steroid dienone is 1. The molecular formula is C18H11BrINO5. The molecule has 2 aromatic carbocycles. The van der Waals surface area contributed by atoms with Crippen molar-refractivity contribution in [3.05, 3.63) is 61.1 Å². The maximum atomic E-state index is 10.9. The van der Waals surface area contributed by atoms with Gasteiger partial charge in [-0.3, -0.25) is 0 Å². The van der Waals surface area contributed by atoms with Crippen molar-refractivity contribution in [1.82, 2.24) is 0 Å². The number of aromatic carboxylic acids is 1. The molecule has 0 heterocycles. The van der Waals surface area contributed by atoms with Gasteiger partial charge in [-0.15, -0.1) is 0 Å². The Kier molecular flexibility index (Phi) is 6.76. The molecule has 132 valence electrons. The first-order valence-corrected chi connectivity index (χ1v) is 8.98. The van der Waals surface area contributed by atoms with Crippen LogP contribution in [0.5, 0.6) is 5.75 Å². The average Bonchev–Trinajstić information content (AvgIpc) is 2.58. The van der Waals surface area contributed by atoms with Gasteiger partial charge in [-0.25, -0.2) is 9.59 Å². The molecule has 2 rings (SSSR count). The second-order valence-electron chi connectivity index (χ2n) is 5.05. The molecular weight excluding hydrogens is 517 g/mol. The minimum Gasteiger partial charge on any atom is -0.480 e. The minimum atomic E-state index is -1.08. The van der Waals surface area contributed by atoms with Crippen molar-refractivity contribution in [3.8, 4) is 11.8 Å². The van der Waals surface area contributed by atoms with Gasteiger partial charge in [0.1, 0.15) is 5.75 Å². The van der Waals surface area contributed by atoms with E-state index >= 15 is 0 Å². The van der Waals surface area contributed by atoms with Crippen molar-refractivity contribution in [2.45, 2.75) is 0 Å². The number of carboxylic acids is 2. The maximum absolute atomic E-state index is 10.9. The van der Waals surface area contributed by atoms with Crippen molar-refractivity contribution in [2.24, 2.45) is 0 Å². The predicted octanol–water partition coefficient (Wildman–Crippen LogP) is 4.28. The molecule has 2 aromatic rings. The Bertz CT molecular complexity index is 909. The monoisotopic (exact) mass is 527 g/mol. The first-order chi connectivity index (χ1) is 12.3. The highest BCUT2D eigenvalue weighted by atomic mass is 127. The van der Waals surface area contributed by atoms with E-state index in [9.17, 15) is 14.9 Å². The number of nitriles is 1. The molecule has 0 aromatic heterocycles. The molecule has 0 atom stereocenters. The summed E-state index contributed by atoms with van der Waals surface area (Å²) in [6, 6.07) is 11.6. The molecule has 0 saturated carbocycles. The lowest BCUT2D eigenvalue weighted by Gasteiger charge is -2.10. The number of nitrogens with zero attached hydrogens (tertiary/aromatic N) is 1. The number of ether oxygens (including phenoxy) is 1. The van der Waals surface area contributed by atoms with E-state index in [1.807, 2.05) is 22.6 Å². The molecule has 0 aliphatic carbocycles. The van der Waals surface area contributed by atoms with Gasteiger partial charge in [0.05, 0.1) is 25.2 Å². The van der Waals surface area contributed by atoms with Crippen LogP contribution in [0.25, 0.3) is 11.6 Å². The fourth-order valence-corrected chi connectivity index (χ4v) is 3.84. The van der Waals surface area contributed by atoms with Crippen LogP contribution >= 0.6 is 38.5 Å². The van der Waals surface area contributed by atoms with Crippen LogP contribution in [0.15, 0.2) is 40.9 Å². The Morgan fingerprint density at radius 1 is 1.19 bits per heavy atom. The van der Waals surface area contributed by atoms with Crippen molar-refractivity contribution < 1.29 is 24.5 Å². The zero-order valence-corrected chi connectivity index (χ0v) is 16.8. The first kappa shape index (κ1) is 19.9. The van der Waals surface area contributed by atoms with Crippen LogP contribution in [0.3, 0.4) is 0 Å². The van der Waals surface area contributed by atoms with E-state index in [1.165, 1.54) is 12.1 Å². The largest absolute Gasteiger partial charge is 0.480 e.